The van der Waals surface area contributed by atoms with Crippen LogP contribution in [0.3, 0.4) is 0 Å². The first-order valence-electron chi connectivity index (χ1n) is 4.56. The van der Waals surface area contributed by atoms with Crippen LogP contribution in [0, 0.1) is 0 Å². The quantitative estimate of drug-likeness (QED) is 0.776. The first-order valence-corrected chi connectivity index (χ1v) is 6.62. The lowest BCUT2D eigenvalue weighted by atomic mass is 10.2. The van der Waals surface area contributed by atoms with Gasteiger partial charge in [-0.3, -0.25) is 4.98 Å². The monoisotopic (exact) mass is 221 g/mol. The number of para-hydroxylation sites is 1. The molecular weight excluding hydrogens is 210 g/mol. The van der Waals surface area contributed by atoms with Crippen LogP contribution in [0.1, 0.15) is 5.56 Å². The van der Waals surface area contributed by atoms with Crippen LogP contribution >= 0.6 is 0 Å². The van der Waals surface area contributed by atoms with Crippen molar-refractivity contribution in [1.29, 1.82) is 0 Å². The molecule has 0 saturated heterocycles. The van der Waals surface area contributed by atoms with E-state index in [-0.39, 0.29) is 5.75 Å². The lowest BCUT2D eigenvalue weighted by Gasteiger charge is -2.01. The molecule has 0 aliphatic heterocycles. The highest BCUT2D eigenvalue weighted by Gasteiger charge is 2.05. The van der Waals surface area contributed by atoms with Gasteiger partial charge in [-0.15, -0.1) is 0 Å². The smallest absolute Gasteiger partial charge is 0.151 e. The van der Waals surface area contributed by atoms with Gasteiger partial charge in [0.1, 0.15) is 0 Å². The van der Waals surface area contributed by atoms with Gasteiger partial charge in [0, 0.05) is 17.8 Å². The summed E-state index contributed by atoms with van der Waals surface area (Å²) in [7, 11) is -2.99. The van der Waals surface area contributed by atoms with Gasteiger partial charge in [0.2, 0.25) is 0 Å². The fourth-order valence-electron chi connectivity index (χ4n) is 1.50. The number of hydrogen-bond donors (Lipinski definition) is 0. The molecule has 1 heterocycles. The molecule has 4 heteroatoms. The molecule has 0 aliphatic rings. The summed E-state index contributed by atoms with van der Waals surface area (Å²) in [5.74, 6) is 0.0465. The Morgan fingerprint density at radius 1 is 1.27 bits per heavy atom. The van der Waals surface area contributed by atoms with Crippen molar-refractivity contribution >= 4 is 20.7 Å². The van der Waals surface area contributed by atoms with Crippen molar-refractivity contribution < 1.29 is 8.42 Å². The molecule has 0 amide bonds. The maximum Gasteiger partial charge on any atom is 0.151 e. The van der Waals surface area contributed by atoms with E-state index in [0.717, 1.165) is 16.5 Å². The van der Waals surface area contributed by atoms with Gasteiger partial charge in [-0.2, -0.15) is 0 Å². The van der Waals surface area contributed by atoms with Crippen LogP contribution in [-0.2, 0) is 15.6 Å². The summed E-state index contributed by atoms with van der Waals surface area (Å²) in [6.07, 6.45) is 2.84. The Morgan fingerprint density at radius 2 is 2.00 bits per heavy atom. The summed E-state index contributed by atoms with van der Waals surface area (Å²) >= 11 is 0. The summed E-state index contributed by atoms with van der Waals surface area (Å²) in [5, 5.41) is 0.971. The van der Waals surface area contributed by atoms with E-state index >= 15 is 0 Å². The van der Waals surface area contributed by atoms with Crippen LogP contribution < -0.4 is 0 Å². The molecule has 0 aliphatic carbocycles. The predicted octanol–water partition coefficient (Wildman–Crippen LogP) is 1.78. The highest BCUT2D eigenvalue weighted by molar-refractivity contribution is 7.89. The van der Waals surface area contributed by atoms with Crippen molar-refractivity contribution in [3.05, 3.63) is 42.1 Å². The molecule has 0 spiro atoms. The first kappa shape index (κ1) is 10.1. The molecule has 15 heavy (non-hydrogen) atoms. The number of aromatic nitrogens is 1. The number of rotatable bonds is 2. The third-order valence-electron chi connectivity index (χ3n) is 2.08. The van der Waals surface area contributed by atoms with Gasteiger partial charge in [0.15, 0.2) is 9.84 Å². The normalized spacial score (nSPS) is 11.8. The fourth-order valence-corrected chi connectivity index (χ4v) is 2.26. The van der Waals surface area contributed by atoms with Crippen molar-refractivity contribution in [3.63, 3.8) is 0 Å². The molecule has 78 valence electrons. The van der Waals surface area contributed by atoms with Gasteiger partial charge in [-0.1, -0.05) is 18.2 Å². The minimum Gasteiger partial charge on any atom is -0.256 e. The average molecular weight is 221 g/mol. The minimum absolute atomic E-state index is 0.0465. The minimum atomic E-state index is -2.99. The first-order chi connectivity index (χ1) is 7.04. The maximum absolute atomic E-state index is 11.1. The Labute approximate surface area is 88.7 Å². The highest BCUT2D eigenvalue weighted by Crippen LogP contribution is 2.14. The second-order valence-electron chi connectivity index (χ2n) is 3.61. The van der Waals surface area contributed by atoms with Crippen molar-refractivity contribution in [2.75, 3.05) is 6.26 Å². The molecule has 0 unspecified atom stereocenters. The zero-order valence-electron chi connectivity index (χ0n) is 8.34. The molecule has 0 fully saturated rings. The van der Waals surface area contributed by atoms with Crippen LogP contribution in [0.5, 0.6) is 0 Å². The molecule has 0 saturated carbocycles. The molecule has 0 radical (unpaired) electrons. The number of pyridine rings is 1. The summed E-state index contributed by atoms with van der Waals surface area (Å²) in [6.45, 7) is 0. The molecule has 2 aromatic rings. The number of fused-ring (bicyclic) bond motifs is 1. The zero-order valence-corrected chi connectivity index (χ0v) is 9.16. The van der Waals surface area contributed by atoms with E-state index in [1.165, 1.54) is 6.26 Å². The van der Waals surface area contributed by atoms with E-state index in [2.05, 4.69) is 4.98 Å². The Morgan fingerprint density at radius 3 is 2.73 bits per heavy atom. The molecule has 0 N–H and O–H groups in total. The fraction of sp³-hybridized carbons (Fsp3) is 0.182. The summed E-state index contributed by atoms with van der Waals surface area (Å²) in [4.78, 5) is 4.20. The molecule has 1 aromatic heterocycles. The number of hydrogen-bond acceptors (Lipinski definition) is 3. The van der Waals surface area contributed by atoms with Crippen LogP contribution in [0.25, 0.3) is 10.9 Å². The van der Waals surface area contributed by atoms with Crippen LogP contribution in [0.4, 0.5) is 0 Å². The van der Waals surface area contributed by atoms with Crippen molar-refractivity contribution in [3.8, 4) is 0 Å². The Bertz CT molecular complexity index is 590. The van der Waals surface area contributed by atoms with E-state index < -0.39 is 9.84 Å². The number of sulfone groups is 1. The lowest BCUT2D eigenvalue weighted by molar-refractivity contribution is 0.601. The van der Waals surface area contributed by atoms with E-state index in [1.54, 1.807) is 6.20 Å². The summed E-state index contributed by atoms with van der Waals surface area (Å²) in [5.41, 5.74) is 1.62. The van der Waals surface area contributed by atoms with Crippen molar-refractivity contribution in [1.82, 2.24) is 4.98 Å². The predicted molar refractivity (Wildman–Crippen MR) is 60.3 cm³/mol. The molecular formula is C11H11NO2S. The highest BCUT2D eigenvalue weighted by atomic mass is 32.2. The molecule has 0 atom stereocenters. The van der Waals surface area contributed by atoms with Crippen molar-refractivity contribution in [2.45, 2.75) is 5.75 Å². The van der Waals surface area contributed by atoms with Gasteiger partial charge < -0.3 is 0 Å². The maximum atomic E-state index is 11.1. The Balaban J connectivity index is 2.48. The largest absolute Gasteiger partial charge is 0.256 e. The topological polar surface area (TPSA) is 47.0 Å². The Hall–Kier alpha value is -1.42. The van der Waals surface area contributed by atoms with Crippen LogP contribution in [-0.4, -0.2) is 19.7 Å². The molecule has 2 rings (SSSR count). The van der Waals surface area contributed by atoms with Gasteiger partial charge >= 0.3 is 0 Å². The molecule has 0 bridgehead atoms. The standard InChI is InChI=1S/C11H11NO2S/c1-15(13,14)8-9-6-10-4-2-3-5-11(10)12-7-9/h2-7H,8H2,1H3. The Kier molecular flexibility index (Phi) is 2.44. The third kappa shape index (κ3) is 2.53. The third-order valence-corrected chi connectivity index (χ3v) is 2.93. The SMILES string of the molecule is CS(=O)(=O)Cc1cnc2ccccc2c1. The van der Waals surface area contributed by atoms with E-state index in [1.807, 2.05) is 30.3 Å². The van der Waals surface area contributed by atoms with E-state index in [9.17, 15) is 8.42 Å². The average Bonchev–Trinajstić information content (AvgIpc) is 2.15. The summed E-state index contributed by atoms with van der Waals surface area (Å²) < 4.78 is 22.2. The van der Waals surface area contributed by atoms with E-state index in [0.29, 0.717) is 0 Å². The van der Waals surface area contributed by atoms with Gasteiger partial charge in [0.05, 0.1) is 11.3 Å². The number of benzene rings is 1. The van der Waals surface area contributed by atoms with Crippen LogP contribution in [0.2, 0.25) is 0 Å². The second-order valence-corrected chi connectivity index (χ2v) is 5.75. The molecule has 1 aromatic carbocycles. The van der Waals surface area contributed by atoms with Gasteiger partial charge in [-0.05, 0) is 17.7 Å². The second kappa shape index (κ2) is 3.62. The number of nitrogens with zero attached hydrogens (tertiary/aromatic N) is 1. The molecule has 3 nitrogen and oxygen atoms in total. The zero-order chi connectivity index (χ0) is 10.9. The van der Waals surface area contributed by atoms with Gasteiger partial charge in [0.25, 0.3) is 0 Å². The van der Waals surface area contributed by atoms with Crippen molar-refractivity contribution in [2.24, 2.45) is 0 Å². The summed E-state index contributed by atoms with van der Waals surface area (Å²) in [6, 6.07) is 9.51. The van der Waals surface area contributed by atoms with Gasteiger partial charge in [-0.25, -0.2) is 8.42 Å². The van der Waals surface area contributed by atoms with E-state index in [4.69, 9.17) is 0 Å². The lowest BCUT2D eigenvalue weighted by Crippen LogP contribution is -2.00. The van der Waals surface area contributed by atoms with Crippen LogP contribution in [0.15, 0.2) is 36.5 Å².